The van der Waals surface area contributed by atoms with E-state index in [2.05, 4.69) is 26.0 Å². The fourth-order valence-corrected chi connectivity index (χ4v) is 6.69. The Balaban J connectivity index is 1.35. The highest BCUT2D eigenvalue weighted by Gasteiger charge is 2.70. The molecule has 5 rings (SSSR count). The summed E-state index contributed by atoms with van der Waals surface area (Å²) in [5.74, 6) is -2.49. The van der Waals surface area contributed by atoms with Crippen LogP contribution in [0.25, 0.3) is 22.1 Å². The molecule has 1 aliphatic heterocycles. The van der Waals surface area contributed by atoms with Gasteiger partial charge in [0.25, 0.3) is 0 Å². The van der Waals surface area contributed by atoms with Crippen LogP contribution in [0.2, 0.25) is 0 Å². The number of esters is 1. The summed E-state index contributed by atoms with van der Waals surface area (Å²) >= 11 is 0. The Morgan fingerprint density at radius 1 is 1.00 bits per heavy atom. The third-order valence-corrected chi connectivity index (χ3v) is 10.1. The SMILES string of the molecule is CCCCCc1ccc(-c2cc3ccc(OC4CCC(OC(=O)C5(C)N(C)C5(C)C)C4C(F)(F)F)cc3oc2=O)c(CC)c1. The summed E-state index contributed by atoms with van der Waals surface area (Å²) in [6.45, 7) is 9.61. The van der Waals surface area contributed by atoms with Crippen LogP contribution in [0, 0.1) is 5.92 Å². The maximum Gasteiger partial charge on any atom is 0.398 e. The molecule has 6 nitrogen and oxygen atoms in total. The number of benzene rings is 2. The van der Waals surface area contributed by atoms with Gasteiger partial charge < -0.3 is 13.9 Å². The summed E-state index contributed by atoms with van der Waals surface area (Å²) < 4.78 is 59.9. The zero-order valence-corrected chi connectivity index (χ0v) is 26.3. The summed E-state index contributed by atoms with van der Waals surface area (Å²) in [6, 6.07) is 12.7. The van der Waals surface area contributed by atoms with Gasteiger partial charge >= 0.3 is 17.8 Å². The van der Waals surface area contributed by atoms with Crippen molar-refractivity contribution in [3.8, 4) is 16.9 Å². The van der Waals surface area contributed by atoms with Crippen molar-refractivity contribution in [3.05, 3.63) is 64.0 Å². The maximum absolute atomic E-state index is 14.3. The number of unbranched alkanes of at least 4 members (excludes halogenated alkanes) is 2. The maximum atomic E-state index is 14.3. The first-order valence-corrected chi connectivity index (χ1v) is 15.6. The number of aryl methyl sites for hydroxylation is 2. The summed E-state index contributed by atoms with van der Waals surface area (Å²) in [5, 5.41) is 0.635. The monoisotopic (exact) mass is 613 g/mol. The van der Waals surface area contributed by atoms with Crippen molar-refractivity contribution < 1.29 is 31.9 Å². The Morgan fingerprint density at radius 2 is 1.70 bits per heavy atom. The van der Waals surface area contributed by atoms with Crippen LogP contribution in [-0.2, 0) is 22.4 Å². The predicted molar refractivity (Wildman–Crippen MR) is 164 cm³/mol. The van der Waals surface area contributed by atoms with E-state index in [0.29, 0.717) is 10.9 Å². The number of rotatable bonds is 10. The minimum absolute atomic E-state index is 0.0317. The molecule has 0 spiro atoms. The summed E-state index contributed by atoms with van der Waals surface area (Å²) in [6.07, 6.45) is -1.96. The number of halogens is 3. The fraction of sp³-hybridized carbons (Fsp3) is 0.543. The van der Waals surface area contributed by atoms with Crippen LogP contribution < -0.4 is 10.4 Å². The van der Waals surface area contributed by atoms with E-state index in [4.69, 9.17) is 13.9 Å². The first-order valence-electron chi connectivity index (χ1n) is 15.6. The molecule has 238 valence electrons. The van der Waals surface area contributed by atoms with Gasteiger partial charge in [0.15, 0.2) is 0 Å². The van der Waals surface area contributed by atoms with Crippen LogP contribution in [0.4, 0.5) is 13.2 Å². The van der Waals surface area contributed by atoms with Crippen LogP contribution >= 0.6 is 0 Å². The zero-order chi connectivity index (χ0) is 32.0. The molecule has 0 bridgehead atoms. The Bertz CT molecular complexity index is 1600. The predicted octanol–water partition coefficient (Wildman–Crippen LogP) is 7.87. The van der Waals surface area contributed by atoms with Gasteiger partial charge in [0.05, 0.1) is 5.56 Å². The molecule has 2 aromatic carbocycles. The van der Waals surface area contributed by atoms with Crippen molar-refractivity contribution in [2.45, 2.75) is 109 Å². The molecule has 0 radical (unpaired) electrons. The Morgan fingerprint density at radius 3 is 2.34 bits per heavy atom. The lowest BCUT2D eigenvalue weighted by atomic mass is 9.94. The molecule has 1 aliphatic carbocycles. The number of carbonyl (C=O) groups is 1. The van der Waals surface area contributed by atoms with E-state index in [1.807, 2.05) is 19.9 Å². The van der Waals surface area contributed by atoms with E-state index in [9.17, 15) is 22.8 Å². The molecule has 0 N–H and O–H groups in total. The molecular formula is C35H42F3NO5. The molecule has 9 heteroatoms. The number of hydrogen-bond acceptors (Lipinski definition) is 6. The van der Waals surface area contributed by atoms with Crippen LogP contribution in [0.3, 0.4) is 0 Å². The van der Waals surface area contributed by atoms with Crippen LogP contribution in [0.15, 0.2) is 51.7 Å². The lowest BCUT2D eigenvalue weighted by Crippen LogP contribution is -2.43. The molecule has 2 aliphatic rings. The average Bonchev–Trinajstić information content (AvgIpc) is 3.22. The van der Waals surface area contributed by atoms with Gasteiger partial charge in [-0.2, -0.15) is 13.2 Å². The number of fused-ring (bicyclic) bond motifs is 1. The van der Waals surface area contributed by atoms with Crippen LogP contribution in [-0.4, -0.2) is 47.4 Å². The van der Waals surface area contributed by atoms with E-state index in [1.54, 1.807) is 37.1 Å². The Hall–Kier alpha value is -3.33. The van der Waals surface area contributed by atoms with Gasteiger partial charge in [-0.25, -0.2) is 9.59 Å². The van der Waals surface area contributed by atoms with Crippen molar-refractivity contribution in [1.29, 1.82) is 0 Å². The number of alkyl halides is 3. The normalized spacial score (nSPS) is 26.1. The van der Waals surface area contributed by atoms with Crippen molar-refractivity contribution in [3.63, 3.8) is 0 Å². The smallest absolute Gasteiger partial charge is 0.398 e. The number of hydrogen-bond donors (Lipinski definition) is 0. The topological polar surface area (TPSA) is 68.8 Å². The zero-order valence-electron chi connectivity index (χ0n) is 26.3. The standard InChI is InChI=1S/C35H42F3NO5/c1-7-9-10-11-21-12-15-25(22(8-2)18-21)26-19-23-13-14-24(20-29(23)43-31(26)40)42-27-16-17-28(30(27)35(36,37)38)44-32(41)34(5)33(3,4)39(34)6/h12-15,18-20,27-28,30H,7-11,16-17H2,1-6H3. The van der Waals surface area contributed by atoms with E-state index >= 15 is 0 Å². The van der Waals surface area contributed by atoms with Crippen LogP contribution in [0.1, 0.15) is 77.8 Å². The van der Waals surface area contributed by atoms with Gasteiger partial charge in [0.1, 0.15) is 35.0 Å². The van der Waals surface area contributed by atoms with Crippen molar-refractivity contribution in [1.82, 2.24) is 4.90 Å². The third-order valence-electron chi connectivity index (χ3n) is 10.1. The molecule has 2 heterocycles. The molecule has 5 atom stereocenters. The third kappa shape index (κ3) is 5.75. The Kier molecular flexibility index (Phi) is 8.66. The van der Waals surface area contributed by atoms with Crippen LogP contribution in [0.5, 0.6) is 5.75 Å². The fourth-order valence-electron chi connectivity index (χ4n) is 6.69. The molecule has 0 amide bonds. The molecule has 1 saturated carbocycles. The first-order chi connectivity index (χ1) is 20.7. The Labute approximate surface area is 256 Å². The minimum Gasteiger partial charge on any atom is -0.489 e. The summed E-state index contributed by atoms with van der Waals surface area (Å²) in [7, 11) is 1.75. The largest absolute Gasteiger partial charge is 0.489 e. The number of nitrogens with zero attached hydrogens (tertiary/aromatic N) is 1. The number of ether oxygens (including phenoxy) is 2. The number of likely N-dealkylation sites (N-methyl/N-ethyl adjacent to an activating group) is 1. The quantitative estimate of drug-likeness (QED) is 0.100. The lowest BCUT2D eigenvalue weighted by Gasteiger charge is -2.28. The van der Waals surface area contributed by atoms with E-state index < -0.39 is 47.0 Å². The van der Waals surface area contributed by atoms with Gasteiger partial charge in [0, 0.05) is 17.0 Å². The second-order valence-corrected chi connectivity index (χ2v) is 12.9. The molecule has 1 aromatic heterocycles. The van der Waals surface area contributed by atoms with Gasteiger partial charge in [-0.1, -0.05) is 44.9 Å². The highest BCUT2D eigenvalue weighted by molar-refractivity contribution is 5.87. The highest BCUT2D eigenvalue weighted by Crippen LogP contribution is 2.51. The lowest BCUT2D eigenvalue weighted by molar-refractivity contribution is -0.216. The van der Waals surface area contributed by atoms with Gasteiger partial charge in [-0.15, -0.1) is 0 Å². The van der Waals surface area contributed by atoms with Crippen molar-refractivity contribution in [2.75, 3.05) is 7.05 Å². The number of carbonyl (C=O) groups excluding carboxylic acids is 1. The molecule has 2 fully saturated rings. The molecule has 44 heavy (non-hydrogen) atoms. The average molecular weight is 614 g/mol. The minimum atomic E-state index is -4.64. The second kappa shape index (κ2) is 11.9. The molecule has 5 unspecified atom stereocenters. The molecular weight excluding hydrogens is 571 g/mol. The second-order valence-electron chi connectivity index (χ2n) is 12.9. The van der Waals surface area contributed by atoms with Crippen molar-refractivity contribution >= 4 is 16.9 Å². The highest BCUT2D eigenvalue weighted by atomic mass is 19.4. The van der Waals surface area contributed by atoms with Gasteiger partial charge in [-0.05, 0) is 94.8 Å². The van der Waals surface area contributed by atoms with E-state index in [1.165, 1.54) is 18.1 Å². The molecule has 3 aromatic rings. The summed E-state index contributed by atoms with van der Waals surface area (Å²) in [4.78, 5) is 27.9. The molecule has 1 saturated heterocycles. The van der Waals surface area contributed by atoms with E-state index in [0.717, 1.165) is 36.8 Å². The first kappa shape index (κ1) is 32.1. The van der Waals surface area contributed by atoms with Gasteiger partial charge in [0.2, 0.25) is 0 Å². The van der Waals surface area contributed by atoms with Crippen molar-refractivity contribution in [2.24, 2.45) is 5.92 Å². The van der Waals surface area contributed by atoms with Gasteiger partial charge in [-0.3, -0.25) is 4.90 Å². The summed E-state index contributed by atoms with van der Waals surface area (Å²) in [5.41, 5.74) is 1.78. The van der Waals surface area contributed by atoms with E-state index in [-0.39, 0.29) is 24.2 Å².